The first kappa shape index (κ1) is 21.2. The van der Waals surface area contributed by atoms with Gasteiger partial charge in [-0.15, -0.1) is 0 Å². The van der Waals surface area contributed by atoms with Crippen LogP contribution in [-0.4, -0.2) is 54.5 Å². The number of anilines is 1. The zero-order valence-electron chi connectivity index (χ0n) is 19.4. The topological polar surface area (TPSA) is 80.9 Å². The smallest absolute Gasteiger partial charge is 0.256 e. The second-order valence-corrected chi connectivity index (χ2v) is 9.06. The molecule has 170 valence electrons. The van der Waals surface area contributed by atoms with Gasteiger partial charge in [-0.05, 0) is 43.0 Å². The zero-order chi connectivity index (χ0) is 23.1. The van der Waals surface area contributed by atoms with Crippen LogP contribution < -0.4 is 5.32 Å². The fourth-order valence-electron chi connectivity index (χ4n) is 4.79. The molecule has 0 saturated carbocycles. The Bertz CT molecular complexity index is 1290. The lowest BCUT2D eigenvalue weighted by Crippen LogP contribution is -2.42. The van der Waals surface area contributed by atoms with Gasteiger partial charge in [-0.2, -0.15) is 15.0 Å². The van der Waals surface area contributed by atoms with E-state index in [4.69, 9.17) is 4.98 Å². The summed E-state index contributed by atoms with van der Waals surface area (Å²) in [6.07, 6.45) is 3.25. The predicted molar refractivity (Wildman–Crippen MR) is 128 cm³/mol. The minimum atomic E-state index is 0.0130. The number of nitrogens with zero attached hydrogens (tertiary/aromatic N) is 6. The molecule has 3 atom stereocenters. The van der Waals surface area contributed by atoms with E-state index < -0.39 is 0 Å². The highest BCUT2D eigenvalue weighted by Gasteiger charge is 2.40. The molecule has 2 aromatic carbocycles. The molecular formula is C25H29N7O. The average molecular weight is 444 g/mol. The van der Waals surface area contributed by atoms with Crippen molar-refractivity contribution in [1.82, 2.24) is 29.4 Å². The first-order valence-electron chi connectivity index (χ1n) is 11.4. The second kappa shape index (κ2) is 8.35. The van der Waals surface area contributed by atoms with Gasteiger partial charge in [0.1, 0.15) is 0 Å². The number of aromatic nitrogens is 5. The van der Waals surface area contributed by atoms with E-state index in [0.29, 0.717) is 29.6 Å². The minimum Gasteiger partial charge on any atom is -0.354 e. The number of benzene rings is 2. The van der Waals surface area contributed by atoms with Crippen LogP contribution in [0, 0.1) is 18.8 Å². The summed E-state index contributed by atoms with van der Waals surface area (Å²) < 4.78 is 2.06. The molecule has 33 heavy (non-hydrogen) atoms. The third-order valence-electron chi connectivity index (χ3n) is 6.92. The van der Waals surface area contributed by atoms with Gasteiger partial charge in [0, 0.05) is 20.1 Å². The van der Waals surface area contributed by atoms with E-state index in [1.807, 2.05) is 55.3 Å². The molecule has 0 bridgehead atoms. The summed E-state index contributed by atoms with van der Waals surface area (Å²) in [7, 11) is 2.01. The number of carbonyl (C=O) groups is 1. The van der Waals surface area contributed by atoms with E-state index in [9.17, 15) is 4.79 Å². The van der Waals surface area contributed by atoms with Gasteiger partial charge >= 0.3 is 0 Å². The number of hydrogen-bond donors (Lipinski definition) is 1. The molecule has 1 saturated heterocycles. The summed E-state index contributed by atoms with van der Waals surface area (Å²) >= 11 is 0. The van der Waals surface area contributed by atoms with Crippen molar-refractivity contribution in [3.8, 4) is 5.69 Å². The van der Waals surface area contributed by atoms with Crippen LogP contribution in [0.3, 0.4) is 0 Å². The number of imidazole rings is 1. The number of fused-ring (bicyclic) bond motifs is 1. The van der Waals surface area contributed by atoms with E-state index in [0.717, 1.165) is 29.1 Å². The van der Waals surface area contributed by atoms with Gasteiger partial charge in [0.15, 0.2) is 0 Å². The van der Waals surface area contributed by atoms with E-state index in [-0.39, 0.29) is 11.9 Å². The van der Waals surface area contributed by atoms with Crippen LogP contribution in [0.4, 0.5) is 5.95 Å². The Hall–Kier alpha value is -3.68. The Morgan fingerprint density at radius 2 is 1.88 bits per heavy atom. The number of amides is 1. The summed E-state index contributed by atoms with van der Waals surface area (Å²) in [5, 5.41) is 12.0. The highest BCUT2D eigenvalue weighted by Crippen LogP contribution is 2.32. The lowest BCUT2D eigenvalue weighted by molar-refractivity contribution is 0.0728. The summed E-state index contributed by atoms with van der Waals surface area (Å²) in [5.41, 5.74) is 4.39. The van der Waals surface area contributed by atoms with Gasteiger partial charge in [-0.1, -0.05) is 37.6 Å². The number of carbonyl (C=O) groups excluding carboxylic acids is 1. The lowest BCUT2D eigenvalue weighted by atomic mass is 9.94. The third-order valence-corrected chi connectivity index (χ3v) is 6.92. The van der Waals surface area contributed by atoms with Crippen molar-refractivity contribution >= 4 is 22.9 Å². The monoisotopic (exact) mass is 443 g/mol. The van der Waals surface area contributed by atoms with Crippen LogP contribution in [0.1, 0.15) is 29.8 Å². The summed E-state index contributed by atoms with van der Waals surface area (Å²) in [5.74, 6) is 1.58. The second-order valence-electron chi connectivity index (χ2n) is 9.06. The van der Waals surface area contributed by atoms with Gasteiger partial charge in [0.2, 0.25) is 5.95 Å². The first-order chi connectivity index (χ1) is 15.9. The van der Waals surface area contributed by atoms with E-state index >= 15 is 0 Å². The summed E-state index contributed by atoms with van der Waals surface area (Å²) in [6.45, 7) is 7.79. The molecule has 1 N–H and O–H groups in total. The minimum absolute atomic E-state index is 0.0130. The number of likely N-dealkylation sites (tertiary alicyclic amines) is 1. The Morgan fingerprint density at radius 3 is 2.64 bits per heavy atom. The van der Waals surface area contributed by atoms with Crippen molar-refractivity contribution in [3.05, 3.63) is 66.0 Å². The number of aryl methyl sites for hydroxylation is 2. The van der Waals surface area contributed by atoms with E-state index in [1.165, 1.54) is 4.80 Å². The van der Waals surface area contributed by atoms with Crippen LogP contribution in [0.25, 0.3) is 16.7 Å². The summed E-state index contributed by atoms with van der Waals surface area (Å²) in [6, 6.07) is 14.0. The maximum atomic E-state index is 13.8. The quantitative estimate of drug-likeness (QED) is 0.509. The van der Waals surface area contributed by atoms with E-state index in [2.05, 4.69) is 40.0 Å². The molecule has 1 amide bonds. The van der Waals surface area contributed by atoms with Crippen molar-refractivity contribution < 1.29 is 4.79 Å². The largest absolute Gasteiger partial charge is 0.354 e. The molecule has 0 spiro atoms. The SMILES string of the molecule is Cc1ccc(-n2nccn2)c(C(=O)N2CC(C)[C@@H](C)[C@H]2CNc2nc3ccccc3n2C)c1. The van der Waals surface area contributed by atoms with Gasteiger partial charge in [0.25, 0.3) is 5.91 Å². The Labute approximate surface area is 193 Å². The van der Waals surface area contributed by atoms with Crippen molar-refractivity contribution in [3.63, 3.8) is 0 Å². The maximum absolute atomic E-state index is 13.8. The fraction of sp³-hybridized carbons (Fsp3) is 0.360. The summed E-state index contributed by atoms with van der Waals surface area (Å²) in [4.78, 5) is 22.1. The van der Waals surface area contributed by atoms with Crippen LogP contribution in [0.15, 0.2) is 54.9 Å². The Kier molecular flexibility index (Phi) is 5.36. The Balaban J connectivity index is 1.43. The normalized spacial score (nSPS) is 20.5. The molecular weight excluding hydrogens is 414 g/mol. The molecule has 8 heteroatoms. The predicted octanol–water partition coefficient (Wildman–Crippen LogP) is 3.67. The zero-order valence-corrected chi connectivity index (χ0v) is 19.4. The number of para-hydroxylation sites is 2. The van der Waals surface area contributed by atoms with Crippen molar-refractivity contribution in [2.75, 3.05) is 18.4 Å². The van der Waals surface area contributed by atoms with Crippen LogP contribution >= 0.6 is 0 Å². The molecule has 4 aromatic rings. The van der Waals surface area contributed by atoms with Crippen molar-refractivity contribution in [1.29, 1.82) is 0 Å². The fourth-order valence-corrected chi connectivity index (χ4v) is 4.79. The van der Waals surface area contributed by atoms with Gasteiger partial charge in [-0.25, -0.2) is 4.98 Å². The highest BCUT2D eigenvalue weighted by molar-refractivity contribution is 5.98. The molecule has 1 aliphatic heterocycles. The van der Waals surface area contributed by atoms with Crippen LogP contribution in [0.2, 0.25) is 0 Å². The molecule has 1 unspecified atom stereocenters. The number of hydrogen-bond acceptors (Lipinski definition) is 5. The third kappa shape index (κ3) is 3.75. The number of nitrogens with one attached hydrogen (secondary N) is 1. The van der Waals surface area contributed by atoms with Crippen molar-refractivity contribution in [2.45, 2.75) is 26.8 Å². The molecule has 5 rings (SSSR count). The lowest BCUT2D eigenvalue weighted by Gasteiger charge is -2.28. The molecule has 3 heterocycles. The molecule has 8 nitrogen and oxygen atoms in total. The Morgan fingerprint density at radius 1 is 1.12 bits per heavy atom. The molecule has 1 aliphatic rings. The van der Waals surface area contributed by atoms with Gasteiger partial charge in [-0.3, -0.25) is 4.79 Å². The maximum Gasteiger partial charge on any atom is 0.256 e. The molecule has 0 radical (unpaired) electrons. The van der Waals surface area contributed by atoms with Gasteiger partial charge in [0.05, 0.1) is 40.7 Å². The molecule has 2 aromatic heterocycles. The average Bonchev–Trinajstić information content (AvgIpc) is 3.52. The molecule has 1 fully saturated rings. The highest BCUT2D eigenvalue weighted by atomic mass is 16.2. The van der Waals surface area contributed by atoms with Crippen LogP contribution in [-0.2, 0) is 7.05 Å². The first-order valence-corrected chi connectivity index (χ1v) is 11.4. The molecule has 0 aliphatic carbocycles. The van der Waals surface area contributed by atoms with Gasteiger partial charge < -0.3 is 14.8 Å². The van der Waals surface area contributed by atoms with Crippen LogP contribution in [0.5, 0.6) is 0 Å². The standard InChI is InChI=1S/C25H29N7O/c1-16-9-10-21(32-27-11-12-28-32)19(13-16)24(33)31-15-17(2)18(3)23(31)14-26-25-29-20-7-5-6-8-22(20)30(25)4/h5-13,17-18,23H,14-15H2,1-4H3,(H,26,29)/t17?,18-,23-/m1/s1. The number of rotatable bonds is 5. The van der Waals surface area contributed by atoms with Crippen molar-refractivity contribution in [2.24, 2.45) is 18.9 Å². The van der Waals surface area contributed by atoms with E-state index in [1.54, 1.807) is 12.4 Å².